The van der Waals surface area contributed by atoms with E-state index < -0.39 is 6.04 Å². The Hall–Kier alpha value is -2.75. The van der Waals surface area contributed by atoms with Crippen molar-refractivity contribution >= 4 is 52.5 Å². The first-order valence-electron chi connectivity index (χ1n) is 9.51. The Labute approximate surface area is 199 Å². The van der Waals surface area contributed by atoms with Crippen molar-refractivity contribution in [1.29, 1.82) is 0 Å². The molecule has 2 aromatic carbocycles. The van der Waals surface area contributed by atoms with Gasteiger partial charge in [-0.15, -0.1) is 10.2 Å². The van der Waals surface area contributed by atoms with E-state index in [1.165, 1.54) is 11.8 Å². The van der Waals surface area contributed by atoms with Gasteiger partial charge in [0.05, 0.1) is 34.6 Å². The molecule has 3 aromatic rings. The molecule has 0 unspecified atom stereocenters. The smallest absolute Gasteiger partial charge is 0.251 e. The van der Waals surface area contributed by atoms with Gasteiger partial charge in [0.2, 0.25) is 5.91 Å². The lowest BCUT2D eigenvalue weighted by Crippen LogP contribution is -2.28. The number of nitrogens with one attached hydrogen (secondary N) is 2. The summed E-state index contributed by atoms with van der Waals surface area (Å²) in [5.41, 5.74) is 0.948. The molecule has 0 aliphatic carbocycles. The van der Waals surface area contributed by atoms with Crippen LogP contribution in [-0.4, -0.2) is 39.4 Å². The molecule has 2 amide bonds. The van der Waals surface area contributed by atoms with Gasteiger partial charge < -0.3 is 19.9 Å². The molecule has 0 radical (unpaired) electrons. The van der Waals surface area contributed by atoms with E-state index in [1.807, 2.05) is 6.92 Å². The van der Waals surface area contributed by atoms with Crippen molar-refractivity contribution < 1.29 is 14.3 Å². The SMILES string of the molecule is COc1ccc(C(=O)N[C@@H](C)c2nnc(SCC(=O)Nc3cccc(Cl)c3Cl)n2C)cc1. The molecule has 0 spiro atoms. The van der Waals surface area contributed by atoms with Crippen LogP contribution in [0.2, 0.25) is 10.0 Å². The Bertz CT molecular complexity index is 1120. The number of anilines is 1. The summed E-state index contributed by atoms with van der Waals surface area (Å²) in [6, 6.07) is 11.4. The molecule has 0 aliphatic rings. The Morgan fingerprint density at radius 2 is 1.88 bits per heavy atom. The van der Waals surface area contributed by atoms with E-state index in [9.17, 15) is 9.59 Å². The maximum Gasteiger partial charge on any atom is 0.251 e. The second-order valence-electron chi connectivity index (χ2n) is 6.76. The molecule has 1 heterocycles. The average molecular weight is 494 g/mol. The molecule has 0 saturated carbocycles. The number of nitrogens with zero attached hydrogens (tertiary/aromatic N) is 3. The van der Waals surface area contributed by atoms with Crippen molar-refractivity contribution in [3.63, 3.8) is 0 Å². The van der Waals surface area contributed by atoms with Gasteiger partial charge >= 0.3 is 0 Å². The van der Waals surface area contributed by atoms with Crippen LogP contribution in [0.3, 0.4) is 0 Å². The molecule has 8 nitrogen and oxygen atoms in total. The van der Waals surface area contributed by atoms with E-state index >= 15 is 0 Å². The van der Waals surface area contributed by atoms with Crippen LogP contribution in [0.25, 0.3) is 0 Å². The Morgan fingerprint density at radius 3 is 2.56 bits per heavy atom. The highest BCUT2D eigenvalue weighted by Gasteiger charge is 2.19. The van der Waals surface area contributed by atoms with Crippen molar-refractivity contribution in [2.24, 2.45) is 7.05 Å². The topological polar surface area (TPSA) is 98.1 Å². The van der Waals surface area contributed by atoms with Crippen LogP contribution in [0.15, 0.2) is 47.6 Å². The van der Waals surface area contributed by atoms with Gasteiger partial charge in [0.1, 0.15) is 5.75 Å². The lowest BCUT2D eigenvalue weighted by atomic mass is 10.2. The molecule has 11 heteroatoms. The number of carbonyl (C=O) groups is 2. The monoisotopic (exact) mass is 493 g/mol. The van der Waals surface area contributed by atoms with Crippen molar-refractivity contribution in [3.8, 4) is 5.75 Å². The standard InChI is InChI=1S/C21H21Cl2N5O3S/c1-12(24-20(30)13-7-9-14(31-3)10-8-13)19-26-27-21(28(19)2)32-11-17(29)25-16-6-4-5-15(22)18(16)23/h4-10,12H,11H2,1-3H3,(H,24,30)(H,25,29)/t12-/m0/s1. The summed E-state index contributed by atoms with van der Waals surface area (Å²) in [6.07, 6.45) is 0. The summed E-state index contributed by atoms with van der Waals surface area (Å²) in [7, 11) is 3.34. The molecule has 0 aliphatic heterocycles. The van der Waals surface area contributed by atoms with E-state index in [-0.39, 0.29) is 22.6 Å². The largest absolute Gasteiger partial charge is 0.497 e. The summed E-state index contributed by atoms with van der Waals surface area (Å²) < 4.78 is 6.84. The summed E-state index contributed by atoms with van der Waals surface area (Å²) in [5, 5.41) is 15.1. The molecule has 168 valence electrons. The van der Waals surface area contributed by atoms with Crippen LogP contribution in [0.4, 0.5) is 5.69 Å². The third-order valence-electron chi connectivity index (χ3n) is 4.51. The molecule has 0 saturated heterocycles. The first kappa shape index (κ1) is 23.9. The Morgan fingerprint density at radius 1 is 1.16 bits per heavy atom. The average Bonchev–Trinajstić information content (AvgIpc) is 3.16. The van der Waals surface area contributed by atoms with Crippen LogP contribution >= 0.6 is 35.0 Å². The van der Waals surface area contributed by atoms with E-state index in [1.54, 1.807) is 61.2 Å². The summed E-state index contributed by atoms with van der Waals surface area (Å²) in [6.45, 7) is 1.81. The molecule has 0 fully saturated rings. The van der Waals surface area contributed by atoms with Gasteiger partial charge in [0.15, 0.2) is 11.0 Å². The predicted molar refractivity (Wildman–Crippen MR) is 126 cm³/mol. The van der Waals surface area contributed by atoms with Gasteiger partial charge in [-0.25, -0.2) is 0 Å². The van der Waals surface area contributed by atoms with Crippen molar-refractivity contribution in [3.05, 3.63) is 63.9 Å². The lowest BCUT2D eigenvalue weighted by molar-refractivity contribution is -0.113. The number of benzene rings is 2. The summed E-state index contributed by atoms with van der Waals surface area (Å²) in [5.74, 6) is 0.833. The first-order valence-corrected chi connectivity index (χ1v) is 11.2. The highest BCUT2D eigenvalue weighted by atomic mass is 35.5. The van der Waals surface area contributed by atoms with Crippen LogP contribution in [0, 0.1) is 0 Å². The van der Waals surface area contributed by atoms with Crippen molar-refractivity contribution in [2.75, 3.05) is 18.2 Å². The molecular weight excluding hydrogens is 473 g/mol. The van der Waals surface area contributed by atoms with Crippen LogP contribution in [-0.2, 0) is 11.8 Å². The number of rotatable bonds is 8. The molecule has 32 heavy (non-hydrogen) atoms. The van der Waals surface area contributed by atoms with E-state index in [0.29, 0.717) is 33.0 Å². The van der Waals surface area contributed by atoms with Gasteiger partial charge in [-0.1, -0.05) is 41.0 Å². The minimum Gasteiger partial charge on any atom is -0.497 e. The molecule has 0 bridgehead atoms. The van der Waals surface area contributed by atoms with Gasteiger partial charge in [0.25, 0.3) is 5.91 Å². The van der Waals surface area contributed by atoms with Crippen LogP contribution in [0.5, 0.6) is 5.75 Å². The Kier molecular flexibility index (Phi) is 8.00. The maximum atomic E-state index is 12.5. The zero-order chi connectivity index (χ0) is 23.3. The number of amides is 2. The predicted octanol–water partition coefficient (Wildman–Crippen LogP) is 4.35. The number of thioether (sulfide) groups is 1. The summed E-state index contributed by atoms with van der Waals surface area (Å²) >= 11 is 13.3. The normalized spacial score (nSPS) is 11.7. The second kappa shape index (κ2) is 10.7. The quantitative estimate of drug-likeness (QED) is 0.452. The number of halogens is 2. The molecule has 1 atom stereocenters. The second-order valence-corrected chi connectivity index (χ2v) is 8.49. The fourth-order valence-corrected chi connectivity index (χ4v) is 3.90. The highest BCUT2D eigenvalue weighted by Crippen LogP contribution is 2.29. The fourth-order valence-electron chi connectivity index (χ4n) is 2.83. The minimum absolute atomic E-state index is 0.0986. The van der Waals surface area contributed by atoms with Crippen LogP contribution in [0.1, 0.15) is 29.1 Å². The van der Waals surface area contributed by atoms with Gasteiger partial charge in [-0.3, -0.25) is 9.59 Å². The van der Waals surface area contributed by atoms with E-state index in [2.05, 4.69) is 20.8 Å². The Balaban J connectivity index is 1.58. The number of hydrogen-bond donors (Lipinski definition) is 2. The van der Waals surface area contributed by atoms with Crippen molar-refractivity contribution in [1.82, 2.24) is 20.1 Å². The highest BCUT2D eigenvalue weighted by molar-refractivity contribution is 7.99. The third-order valence-corrected chi connectivity index (χ3v) is 6.35. The molecular formula is C21H21Cl2N5O3S. The van der Waals surface area contributed by atoms with Gasteiger partial charge in [-0.2, -0.15) is 0 Å². The van der Waals surface area contributed by atoms with Gasteiger partial charge in [-0.05, 0) is 43.3 Å². The van der Waals surface area contributed by atoms with E-state index in [4.69, 9.17) is 27.9 Å². The zero-order valence-electron chi connectivity index (χ0n) is 17.6. The first-order chi connectivity index (χ1) is 15.3. The number of hydrogen-bond acceptors (Lipinski definition) is 6. The van der Waals surface area contributed by atoms with Gasteiger partial charge in [0, 0.05) is 12.6 Å². The number of carbonyl (C=O) groups excluding carboxylic acids is 2. The number of ether oxygens (including phenoxy) is 1. The zero-order valence-corrected chi connectivity index (χ0v) is 19.9. The molecule has 3 rings (SSSR count). The maximum absolute atomic E-state index is 12.5. The summed E-state index contributed by atoms with van der Waals surface area (Å²) in [4.78, 5) is 24.8. The minimum atomic E-state index is -0.393. The van der Waals surface area contributed by atoms with E-state index in [0.717, 1.165) is 0 Å². The number of aromatic nitrogens is 3. The molecule has 2 N–H and O–H groups in total. The third kappa shape index (κ3) is 5.73. The molecule has 1 aromatic heterocycles. The fraction of sp³-hybridized carbons (Fsp3) is 0.238. The van der Waals surface area contributed by atoms with Crippen molar-refractivity contribution in [2.45, 2.75) is 18.1 Å². The van der Waals surface area contributed by atoms with Crippen LogP contribution < -0.4 is 15.4 Å². The lowest BCUT2D eigenvalue weighted by Gasteiger charge is -2.14. The number of methoxy groups -OCH3 is 1.